The van der Waals surface area contributed by atoms with Gasteiger partial charge in [-0.15, -0.1) is 5.92 Å². The summed E-state index contributed by atoms with van der Waals surface area (Å²) in [7, 11) is 1.57. The predicted octanol–water partition coefficient (Wildman–Crippen LogP) is 0.807. The minimum absolute atomic E-state index is 0.129. The second-order valence-electron chi connectivity index (χ2n) is 3.22. The van der Waals surface area contributed by atoms with Crippen LogP contribution < -0.4 is 5.56 Å². The Morgan fingerprint density at radius 1 is 1.56 bits per heavy atom. The van der Waals surface area contributed by atoms with E-state index in [4.69, 9.17) is 11.6 Å². The molecule has 0 atom stereocenters. The van der Waals surface area contributed by atoms with E-state index in [2.05, 4.69) is 21.8 Å². The van der Waals surface area contributed by atoms with E-state index in [1.165, 1.54) is 4.57 Å². The topological polar surface area (TPSA) is 52.7 Å². The van der Waals surface area contributed by atoms with Crippen LogP contribution in [0.25, 0.3) is 11.2 Å². The minimum Gasteiger partial charge on any atom is -0.313 e. The second-order valence-corrected chi connectivity index (χ2v) is 3.55. The molecule has 0 radical (unpaired) electrons. The van der Waals surface area contributed by atoms with Crippen molar-refractivity contribution in [3.05, 3.63) is 22.0 Å². The molecule has 16 heavy (non-hydrogen) atoms. The van der Waals surface area contributed by atoms with Gasteiger partial charge in [0.25, 0.3) is 5.56 Å². The van der Waals surface area contributed by atoms with E-state index in [1.54, 1.807) is 24.9 Å². The highest BCUT2D eigenvalue weighted by Gasteiger charge is 2.11. The number of halogens is 1. The van der Waals surface area contributed by atoms with Gasteiger partial charge in [0, 0.05) is 7.05 Å². The van der Waals surface area contributed by atoms with Gasteiger partial charge in [0.05, 0.1) is 12.9 Å². The first-order valence-electron chi connectivity index (χ1n) is 4.62. The van der Waals surface area contributed by atoms with Crippen LogP contribution in [0.2, 0.25) is 5.28 Å². The van der Waals surface area contributed by atoms with Crippen LogP contribution in [0.5, 0.6) is 0 Å². The monoisotopic (exact) mass is 236 g/mol. The molecule has 0 saturated carbocycles. The Morgan fingerprint density at radius 3 is 3.00 bits per heavy atom. The quantitative estimate of drug-likeness (QED) is 0.544. The maximum Gasteiger partial charge on any atom is 0.280 e. The molecule has 0 aromatic carbocycles. The fourth-order valence-corrected chi connectivity index (χ4v) is 1.52. The number of imidazole rings is 1. The number of fused-ring (bicyclic) bond motifs is 1. The summed E-state index contributed by atoms with van der Waals surface area (Å²) in [6, 6.07) is 0. The van der Waals surface area contributed by atoms with Crippen molar-refractivity contribution >= 4 is 22.8 Å². The third-order valence-electron chi connectivity index (χ3n) is 2.23. The first-order chi connectivity index (χ1) is 7.65. The van der Waals surface area contributed by atoms with Crippen LogP contribution in [0, 0.1) is 11.8 Å². The Balaban J connectivity index is 2.75. The molecule has 0 spiro atoms. The number of hydrogen-bond donors (Lipinski definition) is 0. The van der Waals surface area contributed by atoms with Gasteiger partial charge in [-0.2, -0.15) is 4.98 Å². The molecule has 0 saturated heterocycles. The third-order valence-corrected chi connectivity index (χ3v) is 2.56. The zero-order valence-corrected chi connectivity index (χ0v) is 9.62. The van der Waals surface area contributed by atoms with Crippen LogP contribution in [-0.4, -0.2) is 19.1 Å². The lowest BCUT2D eigenvalue weighted by Crippen LogP contribution is -2.20. The predicted molar refractivity (Wildman–Crippen MR) is 61.2 cm³/mol. The summed E-state index contributed by atoms with van der Waals surface area (Å²) in [5.74, 6) is 5.63. The molecule has 6 heteroatoms. The Bertz CT molecular complexity index is 659. The van der Waals surface area contributed by atoms with E-state index in [-0.39, 0.29) is 10.8 Å². The van der Waals surface area contributed by atoms with Crippen LogP contribution in [0.15, 0.2) is 11.1 Å². The van der Waals surface area contributed by atoms with E-state index < -0.39 is 0 Å². The van der Waals surface area contributed by atoms with Crippen LogP contribution >= 0.6 is 11.6 Å². The van der Waals surface area contributed by atoms with E-state index in [9.17, 15) is 4.79 Å². The van der Waals surface area contributed by atoms with Crippen LogP contribution in [0.3, 0.4) is 0 Å². The average Bonchev–Trinajstić information content (AvgIpc) is 2.66. The summed E-state index contributed by atoms with van der Waals surface area (Å²) in [4.78, 5) is 20.0. The molecular formula is C10H9ClN4O. The van der Waals surface area contributed by atoms with Gasteiger partial charge < -0.3 is 4.57 Å². The molecule has 0 fully saturated rings. The Labute approximate surface area is 96.7 Å². The molecule has 2 rings (SSSR count). The summed E-state index contributed by atoms with van der Waals surface area (Å²) in [5, 5.41) is 0.129. The molecule has 0 bridgehead atoms. The molecular weight excluding hydrogens is 228 g/mol. The van der Waals surface area contributed by atoms with Gasteiger partial charge in [0.2, 0.25) is 5.28 Å². The highest BCUT2D eigenvalue weighted by molar-refractivity contribution is 6.28. The first-order valence-corrected chi connectivity index (χ1v) is 5.00. The highest BCUT2D eigenvalue weighted by atomic mass is 35.5. The van der Waals surface area contributed by atoms with Gasteiger partial charge in [-0.05, 0) is 18.5 Å². The molecule has 0 unspecified atom stereocenters. The van der Waals surface area contributed by atoms with Crippen molar-refractivity contribution in [2.75, 3.05) is 0 Å². The number of nitrogens with zero attached hydrogens (tertiary/aromatic N) is 4. The normalized spacial score (nSPS) is 10.2. The third kappa shape index (κ3) is 1.57. The van der Waals surface area contributed by atoms with E-state index in [0.717, 1.165) is 0 Å². The van der Waals surface area contributed by atoms with Gasteiger partial charge in [0.1, 0.15) is 0 Å². The second kappa shape index (κ2) is 3.99. The van der Waals surface area contributed by atoms with Crippen LogP contribution in [-0.2, 0) is 13.6 Å². The Morgan fingerprint density at radius 2 is 2.31 bits per heavy atom. The van der Waals surface area contributed by atoms with E-state index in [1.807, 2.05) is 0 Å². The molecule has 2 heterocycles. The van der Waals surface area contributed by atoms with Crippen molar-refractivity contribution in [2.24, 2.45) is 7.05 Å². The summed E-state index contributed by atoms with van der Waals surface area (Å²) in [6.45, 7) is 2.16. The van der Waals surface area contributed by atoms with Gasteiger partial charge in [-0.25, -0.2) is 4.98 Å². The molecule has 0 aliphatic heterocycles. The zero-order chi connectivity index (χ0) is 11.7. The van der Waals surface area contributed by atoms with Gasteiger partial charge in [0.15, 0.2) is 11.2 Å². The van der Waals surface area contributed by atoms with Crippen molar-refractivity contribution in [3.8, 4) is 11.8 Å². The molecule has 0 aliphatic rings. The smallest absolute Gasteiger partial charge is 0.280 e. The zero-order valence-electron chi connectivity index (χ0n) is 8.86. The maximum atomic E-state index is 11.9. The first kappa shape index (κ1) is 10.7. The summed E-state index contributed by atoms with van der Waals surface area (Å²) >= 11 is 5.78. The van der Waals surface area contributed by atoms with E-state index >= 15 is 0 Å². The van der Waals surface area contributed by atoms with Crippen molar-refractivity contribution in [3.63, 3.8) is 0 Å². The van der Waals surface area contributed by atoms with Crippen molar-refractivity contribution in [1.29, 1.82) is 0 Å². The fourth-order valence-electron chi connectivity index (χ4n) is 1.36. The molecule has 0 aliphatic carbocycles. The lowest BCUT2D eigenvalue weighted by Gasteiger charge is -2.01. The Kier molecular flexibility index (Phi) is 2.67. The van der Waals surface area contributed by atoms with Gasteiger partial charge in [-0.3, -0.25) is 9.36 Å². The summed E-state index contributed by atoms with van der Waals surface area (Å²) in [5.41, 5.74) is 0.561. The van der Waals surface area contributed by atoms with Crippen molar-refractivity contribution in [2.45, 2.75) is 13.5 Å². The number of aromatic nitrogens is 4. The minimum atomic E-state index is -0.217. The summed E-state index contributed by atoms with van der Waals surface area (Å²) < 4.78 is 2.94. The molecule has 2 aromatic heterocycles. The molecule has 0 N–H and O–H groups in total. The SMILES string of the molecule is CC#CCn1cnc2nc(Cl)n(C)c(=O)c21. The van der Waals surface area contributed by atoms with E-state index in [0.29, 0.717) is 17.7 Å². The number of rotatable bonds is 1. The molecule has 0 amide bonds. The Hall–Kier alpha value is -1.80. The standard InChI is InChI=1S/C10H9ClN4O/c1-3-4-5-15-6-12-8-7(15)9(16)14(2)10(11)13-8/h6H,5H2,1-2H3. The maximum absolute atomic E-state index is 11.9. The van der Waals surface area contributed by atoms with Crippen molar-refractivity contribution in [1.82, 2.24) is 19.1 Å². The van der Waals surface area contributed by atoms with Crippen LogP contribution in [0.4, 0.5) is 0 Å². The highest BCUT2D eigenvalue weighted by Crippen LogP contribution is 2.08. The van der Waals surface area contributed by atoms with Crippen molar-refractivity contribution < 1.29 is 0 Å². The van der Waals surface area contributed by atoms with Gasteiger partial charge in [-0.1, -0.05) is 5.92 Å². The average molecular weight is 237 g/mol. The molecule has 2 aromatic rings. The lowest BCUT2D eigenvalue weighted by atomic mass is 10.5. The molecule has 82 valence electrons. The summed E-state index contributed by atoms with van der Waals surface area (Å²) in [6.07, 6.45) is 1.54. The number of hydrogen-bond acceptors (Lipinski definition) is 3. The van der Waals surface area contributed by atoms with Crippen LogP contribution in [0.1, 0.15) is 6.92 Å². The fraction of sp³-hybridized carbons (Fsp3) is 0.300. The van der Waals surface area contributed by atoms with Gasteiger partial charge >= 0.3 is 0 Å². The lowest BCUT2D eigenvalue weighted by molar-refractivity contribution is 0.813. The largest absolute Gasteiger partial charge is 0.313 e. The molecule has 5 nitrogen and oxygen atoms in total.